The van der Waals surface area contributed by atoms with Crippen molar-refractivity contribution in [3.8, 4) is 11.5 Å². The third-order valence-electron chi connectivity index (χ3n) is 3.57. The first-order chi connectivity index (χ1) is 8.38. The van der Waals surface area contributed by atoms with Gasteiger partial charge < -0.3 is 14.8 Å². The molecule has 1 unspecified atom stereocenters. The van der Waals surface area contributed by atoms with Gasteiger partial charge in [0, 0.05) is 6.04 Å². The lowest BCUT2D eigenvalue weighted by atomic mass is 9.87. The number of rotatable bonds is 2. The molecule has 0 saturated heterocycles. The van der Waals surface area contributed by atoms with Gasteiger partial charge >= 0.3 is 0 Å². The smallest absolute Gasteiger partial charge is 0.161 e. The quantitative estimate of drug-likeness (QED) is 0.851. The van der Waals surface area contributed by atoms with Crippen LogP contribution in [-0.4, -0.2) is 19.8 Å². The van der Waals surface area contributed by atoms with Crippen LogP contribution < -0.4 is 14.8 Å². The van der Waals surface area contributed by atoms with Crippen LogP contribution in [0.4, 0.5) is 0 Å². The van der Waals surface area contributed by atoms with Gasteiger partial charge in [-0.1, -0.05) is 6.92 Å². The lowest BCUT2D eigenvalue weighted by Gasteiger charge is -2.29. The molecule has 3 nitrogen and oxygen atoms in total. The zero-order chi connectivity index (χ0) is 11.7. The van der Waals surface area contributed by atoms with E-state index >= 15 is 0 Å². The maximum absolute atomic E-state index is 5.66. The summed E-state index contributed by atoms with van der Waals surface area (Å²) in [5.41, 5.74) is 2.83. The van der Waals surface area contributed by atoms with Crippen molar-refractivity contribution in [2.75, 3.05) is 19.8 Å². The largest absolute Gasteiger partial charge is 0.486 e. The SMILES string of the molecule is CCNC1CCCc2cc3c(cc21)OCCO3. The average Bonchev–Trinajstić information content (AvgIpc) is 2.37. The molecule has 1 N–H and O–H groups in total. The molecule has 0 fully saturated rings. The van der Waals surface area contributed by atoms with Crippen LogP contribution in [0.25, 0.3) is 0 Å². The van der Waals surface area contributed by atoms with Crippen molar-refractivity contribution in [1.82, 2.24) is 5.32 Å². The second-order valence-electron chi connectivity index (χ2n) is 4.70. The van der Waals surface area contributed by atoms with Gasteiger partial charge in [0.2, 0.25) is 0 Å². The van der Waals surface area contributed by atoms with E-state index in [1.165, 1.54) is 24.0 Å². The molecule has 0 amide bonds. The van der Waals surface area contributed by atoms with Crippen molar-refractivity contribution >= 4 is 0 Å². The molecule has 0 spiro atoms. The maximum atomic E-state index is 5.66. The van der Waals surface area contributed by atoms with Gasteiger partial charge in [-0.25, -0.2) is 0 Å². The molecule has 1 heterocycles. The van der Waals surface area contributed by atoms with Gasteiger partial charge in [-0.2, -0.15) is 0 Å². The molecule has 0 bridgehead atoms. The molecule has 0 aromatic heterocycles. The van der Waals surface area contributed by atoms with Gasteiger partial charge in [-0.3, -0.25) is 0 Å². The van der Waals surface area contributed by atoms with Crippen LogP contribution in [0.3, 0.4) is 0 Å². The van der Waals surface area contributed by atoms with Crippen molar-refractivity contribution < 1.29 is 9.47 Å². The molecule has 92 valence electrons. The highest BCUT2D eigenvalue weighted by molar-refractivity contribution is 5.50. The van der Waals surface area contributed by atoms with Crippen molar-refractivity contribution in [3.63, 3.8) is 0 Å². The number of ether oxygens (including phenoxy) is 2. The number of hydrogen-bond donors (Lipinski definition) is 1. The molecule has 1 aliphatic carbocycles. The normalized spacial score (nSPS) is 22.1. The summed E-state index contributed by atoms with van der Waals surface area (Å²) in [6.45, 7) is 4.50. The van der Waals surface area contributed by atoms with Crippen LogP contribution in [0.1, 0.15) is 36.9 Å². The standard InChI is InChI=1S/C14H19NO2/c1-2-15-12-5-3-4-10-8-13-14(9-11(10)12)17-7-6-16-13/h8-9,12,15H,2-7H2,1H3. The Hall–Kier alpha value is -1.22. The molecule has 1 aromatic rings. The highest BCUT2D eigenvalue weighted by atomic mass is 16.6. The molecule has 2 aliphatic rings. The van der Waals surface area contributed by atoms with Crippen LogP contribution >= 0.6 is 0 Å². The van der Waals surface area contributed by atoms with Crippen LogP contribution in [0.15, 0.2) is 12.1 Å². The highest BCUT2D eigenvalue weighted by Gasteiger charge is 2.23. The lowest BCUT2D eigenvalue weighted by Crippen LogP contribution is -2.25. The molecule has 0 saturated carbocycles. The summed E-state index contributed by atoms with van der Waals surface area (Å²) in [7, 11) is 0. The van der Waals surface area contributed by atoms with E-state index in [0.29, 0.717) is 19.3 Å². The fraction of sp³-hybridized carbons (Fsp3) is 0.571. The first-order valence-electron chi connectivity index (χ1n) is 6.54. The van der Waals surface area contributed by atoms with Crippen molar-refractivity contribution in [2.24, 2.45) is 0 Å². The number of fused-ring (bicyclic) bond motifs is 2. The summed E-state index contributed by atoms with van der Waals surface area (Å²) in [5, 5.41) is 3.55. The predicted molar refractivity (Wildman–Crippen MR) is 66.8 cm³/mol. The second-order valence-corrected chi connectivity index (χ2v) is 4.70. The summed E-state index contributed by atoms with van der Waals surface area (Å²) in [4.78, 5) is 0. The van der Waals surface area contributed by atoms with Gasteiger partial charge in [-0.05, 0) is 49.1 Å². The molecule has 1 aliphatic heterocycles. The van der Waals surface area contributed by atoms with Gasteiger partial charge in [-0.15, -0.1) is 0 Å². The highest BCUT2D eigenvalue weighted by Crippen LogP contribution is 2.39. The number of benzene rings is 1. The Morgan fingerprint density at radius 1 is 1.24 bits per heavy atom. The molecular formula is C14H19NO2. The Morgan fingerprint density at radius 3 is 2.76 bits per heavy atom. The minimum absolute atomic E-state index is 0.486. The first-order valence-corrected chi connectivity index (χ1v) is 6.54. The number of hydrogen-bond acceptors (Lipinski definition) is 3. The Kier molecular flexibility index (Phi) is 2.93. The Labute approximate surface area is 102 Å². The van der Waals surface area contributed by atoms with Gasteiger partial charge in [0.05, 0.1) is 0 Å². The topological polar surface area (TPSA) is 30.5 Å². The molecule has 3 rings (SSSR count). The molecule has 3 heteroatoms. The van der Waals surface area contributed by atoms with Crippen LogP contribution in [0, 0.1) is 0 Å². The maximum Gasteiger partial charge on any atom is 0.161 e. The summed E-state index contributed by atoms with van der Waals surface area (Å²) in [5.74, 6) is 1.84. The van der Waals surface area contributed by atoms with E-state index in [0.717, 1.165) is 24.5 Å². The Balaban J connectivity index is 1.98. The van der Waals surface area contributed by atoms with Crippen molar-refractivity contribution in [1.29, 1.82) is 0 Å². The van der Waals surface area contributed by atoms with E-state index in [4.69, 9.17) is 9.47 Å². The summed E-state index contributed by atoms with van der Waals surface area (Å²) < 4.78 is 11.3. The third kappa shape index (κ3) is 2.00. The Morgan fingerprint density at radius 2 is 2.00 bits per heavy atom. The number of nitrogens with one attached hydrogen (secondary N) is 1. The molecular weight excluding hydrogens is 214 g/mol. The van der Waals surface area contributed by atoms with E-state index < -0.39 is 0 Å². The molecule has 1 aromatic carbocycles. The van der Waals surface area contributed by atoms with E-state index in [1.54, 1.807) is 0 Å². The second kappa shape index (κ2) is 4.57. The summed E-state index contributed by atoms with van der Waals surface area (Å²) >= 11 is 0. The number of aryl methyl sites for hydroxylation is 1. The zero-order valence-electron chi connectivity index (χ0n) is 10.3. The van der Waals surface area contributed by atoms with Crippen LogP contribution in [0.2, 0.25) is 0 Å². The van der Waals surface area contributed by atoms with Gasteiger partial charge in [0.1, 0.15) is 13.2 Å². The first kappa shape index (κ1) is 10.9. The minimum Gasteiger partial charge on any atom is -0.486 e. The lowest BCUT2D eigenvalue weighted by molar-refractivity contribution is 0.171. The summed E-state index contributed by atoms with van der Waals surface area (Å²) in [6.07, 6.45) is 3.64. The van der Waals surface area contributed by atoms with Gasteiger partial charge in [0.15, 0.2) is 11.5 Å². The average molecular weight is 233 g/mol. The third-order valence-corrected chi connectivity index (χ3v) is 3.57. The van der Waals surface area contributed by atoms with E-state index in [9.17, 15) is 0 Å². The fourth-order valence-corrected chi connectivity index (χ4v) is 2.80. The fourth-order valence-electron chi connectivity index (χ4n) is 2.80. The van der Waals surface area contributed by atoms with E-state index in [2.05, 4.69) is 24.4 Å². The van der Waals surface area contributed by atoms with Crippen molar-refractivity contribution in [2.45, 2.75) is 32.2 Å². The minimum atomic E-state index is 0.486. The predicted octanol–water partition coefficient (Wildman–Crippen LogP) is 2.44. The zero-order valence-corrected chi connectivity index (χ0v) is 10.3. The Bertz CT molecular complexity index is 417. The van der Waals surface area contributed by atoms with E-state index in [1.807, 2.05) is 0 Å². The molecule has 0 radical (unpaired) electrons. The molecule has 17 heavy (non-hydrogen) atoms. The van der Waals surface area contributed by atoms with E-state index in [-0.39, 0.29) is 0 Å². The van der Waals surface area contributed by atoms with Gasteiger partial charge in [0.25, 0.3) is 0 Å². The van der Waals surface area contributed by atoms with Crippen LogP contribution in [0.5, 0.6) is 11.5 Å². The van der Waals surface area contributed by atoms with Crippen molar-refractivity contribution in [3.05, 3.63) is 23.3 Å². The van der Waals surface area contributed by atoms with Crippen LogP contribution in [-0.2, 0) is 6.42 Å². The summed E-state index contributed by atoms with van der Waals surface area (Å²) in [6, 6.07) is 4.84. The monoisotopic (exact) mass is 233 g/mol. The molecule has 1 atom stereocenters.